The summed E-state index contributed by atoms with van der Waals surface area (Å²) in [5, 5.41) is 0. The van der Waals surface area contributed by atoms with Crippen molar-refractivity contribution in [2.45, 2.75) is 20.3 Å². The van der Waals surface area contributed by atoms with Gasteiger partial charge in [-0.2, -0.15) is 0 Å². The first-order valence-electron chi connectivity index (χ1n) is 5.50. The van der Waals surface area contributed by atoms with Gasteiger partial charge in [0.05, 0.1) is 6.61 Å². The third-order valence-electron chi connectivity index (χ3n) is 2.34. The molecule has 0 amide bonds. The van der Waals surface area contributed by atoms with Gasteiger partial charge in [-0.15, -0.1) is 0 Å². The van der Waals surface area contributed by atoms with E-state index < -0.39 is 0 Å². The van der Waals surface area contributed by atoms with Gasteiger partial charge in [0.15, 0.2) is 5.78 Å². The van der Waals surface area contributed by atoms with Gasteiger partial charge in [0.25, 0.3) is 0 Å². The number of ketones is 1. The second-order valence-corrected chi connectivity index (χ2v) is 3.47. The Balaban J connectivity index is 2.94. The van der Waals surface area contributed by atoms with Crippen LogP contribution in [0.3, 0.4) is 0 Å². The van der Waals surface area contributed by atoms with Crippen LogP contribution in [0.5, 0.6) is 5.75 Å². The number of carbonyl (C=O) groups excluding carboxylic acids is 1. The van der Waals surface area contributed by atoms with Gasteiger partial charge in [-0.05, 0) is 37.1 Å². The maximum Gasteiger partial charge on any atom is 0.188 e. The first-order chi connectivity index (χ1) is 7.72. The Hall–Kier alpha value is -1.35. The van der Waals surface area contributed by atoms with Crippen LogP contribution in [-0.4, -0.2) is 26.1 Å². The average Bonchev–Trinajstić information content (AvgIpc) is 2.30. The number of rotatable bonds is 6. The molecule has 0 spiro atoms. The molecule has 3 nitrogen and oxygen atoms in total. The van der Waals surface area contributed by atoms with Gasteiger partial charge in [0, 0.05) is 12.7 Å². The number of methoxy groups -OCH3 is 1. The van der Waals surface area contributed by atoms with Crippen molar-refractivity contribution >= 4 is 5.78 Å². The quantitative estimate of drug-likeness (QED) is 0.694. The van der Waals surface area contributed by atoms with Crippen LogP contribution in [-0.2, 0) is 11.2 Å². The van der Waals surface area contributed by atoms with E-state index in [0.29, 0.717) is 12.2 Å². The minimum absolute atomic E-state index is 0.000230. The summed E-state index contributed by atoms with van der Waals surface area (Å²) in [7, 11) is 1.52. The lowest BCUT2D eigenvalue weighted by atomic mass is 10.0. The summed E-state index contributed by atoms with van der Waals surface area (Å²) in [5.41, 5.74) is 1.74. The monoisotopic (exact) mass is 222 g/mol. The highest BCUT2D eigenvalue weighted by atomic mass is 16.5. The predicted octanol–water partition coefficient (Wildman–Crippen LogP) is 2.48. The van der Waals surface area contributed by atoms with Crippen molar-refractivity contribution in [3.05, 3.63) is 29.3 Å². The Bertz CT molecular complexity index is 358. The maximum atomic E-state index is 11.6. The van der Waals surface area contributed by atoms with Gasteiger partial charge in [0.1, 0.15) is 12.4 Å². The number of aryl methyl sites for hydroxylation is 1. The first-order valence-corrected chi connectivity index (χ1v) is 5.50. The Morgan fingerprint density at radius 3 is 2.62 bits per heavy atom. The van der Waals surface area contributed by atoms with Crippen molar-refractivity contribution in [2.75, 3.05) is 20.3 Å². The Morgan fingerprint density at radius 2 is 2.06 bits per heavy atom. The van der Waals surface area contributed by atoms with Gasteiger partial charge >= 0.3 is 0 Å². The molecule has 0 aliphatic rings. The molecule has 0 aliphatic heterocycles. The van der Waals surface area contributed by atoms with Gasteiger partial charge < -0.3 is 9.47 Å². The number of ether oxygens (including phenoxy) is 2. The van der Waals surface area contributed by atoms with E-state index in [-0.39, 0.29) is 12.4 Å². The van der Waals surface area contributed by atoms with Crippen molar-refractivity contribution in [3.8, 4) is 5.75 Å². The number of hydrogen-bond acceptors (Lipinski definition) is 3. The third kappa shape index (κ3) is 3.07. The summed E-state index contributed by atoms with van der Waals surface area (Å²) < 4.78 is 10.3. The van der Waals surface area contributed by atoms with Gasteiger partial charge in [-0.25, -0.2) is 0 Å². The lowest BCUT2D eigenvalue weighted by molar-refractivity contribution is 0.0848. The molecule has 0 aliphatic carbocycles. The zero-order valence-electron chi connectivity index (χ0n) is 10.1. The Kier molecular flexibility index (Phi) is 4.99. The van der Waals surface area contributed by atoms with Gasteiger partial charge in [0.2, 0.25) is 0 Å². The van der Waals surface area contributed by atoms with E-state index >= 15 is 0 Å². The molecule has 0 radical (unpaired) electrons. The van der Waals surface area contributed by atoms with Crippen molar-refractivity contribution < 1.29 is 14.3 Å². The van der Waals surface area contributed by atoms with E-state index in [9.17, 15) is 4.79 Å². The molecular formula is C13H18O3. The summed E-state index contributed by atoms with van der Waals surface area (Å²) in [5.74, 6) is 0.860. The Labute approximate surface area is 96.4 Å². The standard InChI is InChI=1S/C13H18O3/c1-4-10-8-11(12(14)9-15-3)6-7-13(10)16-5-2/h6-8H,4-5,9H2,1-3H3. The molecule has 1 aromatic carbocycles. The zero-order chi connectivity index (χ0) is 12.0. The minimum Gasteiger partial charge on any atom is -0.494 e. The first kappa shape index (κ1) is 12.7. The summed E-state index contributed by atoms with van der Waals surface area (Å²) in [6.45, 7) is 4.75. The van der Waals surface area contributed by atoms with Crippen molar-refractivity contribution in [3.63, 3.8) is 0 Å². The molecule has 16 heavy (non-hydrogen) atoms. The summed E-state index contributed by atoms with van der Waals surface area (Å²) in [6, 6.07) is 5.52. The summed E-state index contributed by atoms with van der Waals surface area (Å²) in [6.07, 6.45) is 0.851. The van der Waals surface area contributed by atoms with Crippen LogP contribution in [0, 0.1) is 0 Å². The van der Waals surface area contributed by atoms with Crippen LogP contribution in [0.25, 0.3) is 0 Å². The molecule has 0 fully saturated rings. The number of benzene rings is 1. The van der Waals surface area contributed by atoms with Crippen LogP contribution < -0.4 is 4.74 Å². The highest BCUT2D eigenvalue weighted by Gasteiger charge is 2.09. The molecule has 0 heterocycles. The number of Topliss-reactive ketones (excluding diaryl/α,β-unsaturated/α-hetero) is 1. The lowest BCUT2D eigenvalue weighted by Gasteiger charge is -2.10. The van der Waals surface area contributed by atoms with E-state index in [4.69, 9.17) is 9.47 Å². The van der Waals surface area contributed by atoms with E-state index in [0.717, 1.165) is 17.7 Å². The zero-order valence-corrected chi connectivity index (χ0v) is 10.1. The fourth-order valence-electron chi connectivity index (χ4n) is 1.54. The highest BCUT2D eigenvalue weighted by molar-refractivity contribution is 5.97. The van der Waals surface area contributed by atoms with Gasteiger partial charge in [-0.1, -0.05) is 6.92 Å². The fourth-order valence-corrected chi connectivity index (χ4v) is 1.54. The topological polar surface area (TPSA) is 35.5 Å². The predicted molar refractivity (Wildman–Crippen MR) is 63.2 cm³/mol. The molecule has 1 aromatic rings. The molecular weight excluding hydrogens is 204 g/mol. The van der Waals surface area contributed by atoms with Crippen LogP contribution in [0.2, 0.25) is 0 Å². The molecule has 3 heteroatoms. The van der Waals surface area contributed by atoms with Crippen molar-refractivity contribution in [2.24, 2.45) is 0 Å². The van der Waals surface area contributed by atoms with E-state index in [1.54, 1.807) is 6.07 Å². The minimum atomic E-state index is 0.000230. The molecule has 1 rings (SSSR count). The second kappa shape index (κ2) is 6.28. The maximum absolute atomic E-state index is 11.6. The molecule has 0 atom stereocenters. The fraction of sp³-hybridized carbons (Fsp3) is 0.462. The van der Waals surface area contributed by atoms with Crippen molar-refractivity contribution in [1.82, 2.24) is 0 Å². The average molecular weight is 222 g/mol. The van der Waals surface area contributed by atoms with Crippen molar-refractivity contribution in [1.29, 1.82) is 0 Å². The van der Waals surface area contributed by atoms with Gasteiger partial charge in [-0.3, -0.25) is 4.79 Å². The van der Waals surface area contributed by atoms with Crippen LogP contribution in [0.15, 0.2) is 18.2 Å². The molecule has 0 unspecified atom stereocenters. The normalized spacial score (nSPS) is 10.2. The Morgan fingerprint density at radius 1 is 1.31 bits per heavy atom. The van der Waals surface area contributed by atoms with Crippen LogP contribution >= 0.6 is 0 Å². The largest absolute Gasteiger partial charge is 0.494 e. The summed E-state index contributed by atoms with van der Waals surface area (Å²) >= 11 is 0. The molecule has 88 valence electrons. The molecule has 0 bridgehead atoms. The SMILES string of the molecule is CCOc1ccc(C(=O)COC)cc1CC. The van der Waals surface area contributed by atoms with Crippen LogP contribution in [0.1, 0.15) is 29.8 Å². The second-order valence-electron chi connectivity index (χ2n) is 3.47. The molecule has 0 saturated heterocycles. The highest BCUT2D eigenvalue weighted by Crippen LogP contribution is 2.21. The van der Waals surface area contributed by atoms with Crippen LogP contribution in [0.4, 0.5) is 0 Å². The number of carbonyl (C=O) groups is 1. The molecule has 0 saturated carbocycles. The van der Waals surface area contributed by atoms with E-state index in [2.05, 4.69) is 0 Å². The smallest absolute Gasteiger partial charge is 0.188 e. The van der Waals surface area contributed by atoms with E-state index in [1.807, 2.05) is 26.0 Å². The van der Waals surface area contributed by atoms with E-state index in [1.165, 1.54) is 7.11 Å². The molecule has 0 N–H and O–H groups in total. The molecule has 0 aromatic heterocycles. The number of hydrogen-bond donors (Lipinski definition) is 0. The lowest BCUT2D eigenvalue weighted by Crippen LogP contribution is -2.08. The summed E-state index contributed by atoms with van der Waals surface area (Å²) in [4.78, 5) is 11.6. The third-order valence-corrected chi connectivity index (χ3v) is 2.34.